The molecular formula is C31H40FN3O5Si. The van der Waals surface area contributed by atoms with E-state index in [9.17, 15) is 14.7 Å². The molecule has 5 atom stereocenters. The van der Waals surface area contributed by atoms with Crippen molar-refractivity contribution in [1.29, 1.82) is 0 Å². The van der Waals surface area contributed by atoms with Crippen LogP contribution in [0.4, 0.5) is 9.80 Å². The van der Waals surface area contributed by atoms with Crippen LogP contribution in [-0.4, -0.2) is 67.6 Å². The van der Waals surface area contributed by atoms with Crippen molar-refractivity contribution in [1.82, 2.24) is 9.88 Å². The fourth-order valence-corrected chi connectivity index (χ4v) is 8.33. The van der Waals surface area contributed by atoms with Gasteiger partial charge < -0.3 is 33.9 Å². The van der Waals surface area contributed by atoms with Crippen molar-refractivity contribution in [2.75, 3.05) is 25.6 Å². The molecular weight excluding hydrogens is 541 g/mol. The molecule has 2 amide bonds. The normalized spacial score (nSPS) is 23.2. The number of halogens is 1. The van der Waals surface area contributed by atoms with E-state index in [0.717, 1.165) is 34.9 Å². The fourth-order valence-electron chi connectivity index (χ4n) is 6.52. The Morgan fingerprint density at radius 3 is 2.78 bits per heavy atom. The van der Waals surface area contributed by atoms with Gasteiger partial charge in [0.2, 0.25) is 20.2 Å². The van der Waals surface area contributed by atoms with E-state index in [1.807, 2.05) is 43.5 Å². The van der Waals surface area contributed by atoms with Crippen molar-refractivity contribution >= 4 is 36.8 Å². The molecule has 1 saturated heterocycles. The molecule has 1 unspecified atom stereocenters. The molecule has 5 rings (SSSR count). The van der Waals surface area contributed by atoms with E-state index < -0.39 is 26.2 Å². The quantitative estimate of drug-likeness (QED) is 0.233. The number of methoxy groups -OCH3 is 1. The van der Waals surface area contributed by atoms with Crippen LogP contribution in [-0.2, 0) is 20.7 Å². The van der Waals surface area contributed by atoms with Crippen LogP contribution in [0.15, 0.2) is 48.7 Å². The van der Waals surface area contributed by atoms with E-state index in [4.69, 9.17) is 9.47 Å². The monoisotopic (exact) mass is 581 g/mol. The highest BCUT2D eigenvalue weighted by molar-refractivity contribution is 6.72. The standard InChI is InChI=1S/C31H40FN3O5Si/c1-19-30(39-2)24-15-21(34-28(37)14-20-17-33-25-10-6-5-9-23(20)25)11-12-26(24)40-31(19)27(41(3,4)32)16-29(38)35-13-7-8-22(35)18-36/h5-6,9-12,15,17,19,22,27,30-31,33,36H,7-8,13-14,16,18H2,1-4H3,(H,34,37)/t19-,22+,27?,30-,31-/m1/s1. The summed E-state index contributed by atoms with van der Waals surface area (Å²) in [6, 6.07) is 13.1. The molecule has 1 fully saturated rings. The number of amides is 2. The molecule has 0 radical (unpaired) electrons. The molecule has 0 aliphatic carbocycles. The lowest BCUT2D eigenvalue weighted by Crippen LogP contribution is -2.48. The second-order valence-corrected chi connectivity index (χ2v) is 15.7. The summed E-state index contributed by atoms with van der Waals surface area (Å²) < 4.78 is 28.2. The van der Waals surface area contributed by atoms with E-state index in [0.29, 0.717) is 18.0 Å². The first-order chi connectivity index (χ1) is 19.6. The predicted molar refractivity (Wildman–Crippen MR) is 159 cm³/mol. The molecule has 2 aromatic carbocycles. The second kappa shape index (κ2) is 12.0. The summed E-state index contributed by atoms with van der Waals surface area (Å²) in [6.45, 7) is 5.72. The number of hydrogen-bond donors (Lipinski definition) is 3. The van der Waals surface area contributed by atoms with Crippen molar-refractivity contribution in [3.05, 3.63) is 59.8 Å². The van der Waals surface area contributed by atoms with Crippen LogP contribution in [0.2, 0.25) is 18.6 Å². The fraction of sp³-hybridized carbons (Fsp3) is 0.484. The van der Waals surface area contributed by atoms with E-state index in [1.165, 1.54) is 0 Å². The van der Waals surface area contributed by atoms with Crippen molar-refractivity contribution in [3.63, 3.8) is 0 Å². The molecule has 3 N–H and O–H groups in total. The zero-order valence-corrected chi connectivity index (χ0v) is 25.2. The summed E-state index contributed by atoms with van der Waals surface area (Å²) in [5.41, 5.74) is 2.72. The number of nitrogens with one attached hydrogen (secondary N) is 2. The molecule has 3 aromatic rings. The summed E-state index contributed by atoms with van der Waals surface area (Å²) in [5.74, 6) is 0.0590. The van der Waals surface area contributed by atoms with E-state index in [2.05, 4.69) is 10.3 Å². The van der Waals surface area contributed by atoms with Gasteiger partial charge in [-0.15, -0.1) is 0 Å². The van der Waals surface area contributed by atoms with Gasteiger partial charge in [0.15, 0.2) is 0 Å². The number of nitrogens with zero attached hydrogens (tertiary/aromatic N) is 1. The van der Waals surface area contributed by atoms with Crippen LogP contribution in [0.5, 0.6) is 5.75 Å². The molecule has 10 heteroatoms. The lowest BCUT2D eigenvalue weighted by molar-refractivity contribution is -0.133. The average Bonchev–Trinajstić information content (AvgIpc) is 3.58. The Labute approximate surface area is 241 Å². The highest BCUT2D eigenvalue weighted by Crippen LogP contribution is 2.48. The van der Waals surface area contributed by atoms with Gasteiger partial charge in [-0.05, 0) is 55.8 Å². The molecule has 41 heavy (non-hydrogen) atoms. The number of aromatic amines is 1. The second-order valence-electron chi connectivity index (χ2n) is 11.9. The molecule has 1 aromatic heterocycles. The number of rotatable bonds is 9. The summed E-state index contributed by atoms with van der Waals surface area (Å²) >= 11 is 0. The molecule has 2 aliphatic rings. The first-order valence-corrected chi connectivity index (χ1v) is 17.3. The minimum Gasteiger partial charge on any atom is -0.490 e. The molecule has 0 saturated carbocycles. The number of H-pyrrole nitrogens is 1. The summed E-state index contributed by atoms with van der Waals surface area (Å²) in [7, 11) is -1.74. The number of ether oxygens (including phenoxy) is 2. The number of carbonyl (C=O) groups is 2. The van der Waals surface area contributed by atoms with Crippen LogP contribution >= 0.6 is 0 Å². The van der Waals surface area contributed by atoms with Crippen molar-refractivity contribution in [2.45, 2.75) is 69.5 Å². The number of anilines is 1. The number of aromatic nitrogens is 1. The van der Waals surface area contributed by atoms with E-state index in [-0.39, 0.29) is 43.2 Å². The number of hydrogen-bond acceptors (Lipinski definition) is 5. The summed E-state index contributed by atoms with van der Waals surface area (Å²) in [4.78, 5) is 31.1. The smallest absolute Gasteiger partial charge is 0.248 e. The molecule has 0 bridgehead atoms. The zero-order chi connectivity index (χ0) is 29.3. The van der Waals surface area contributed by atoms with Gasteiger partial charge in [-0.1, -0.05) is 25.1 Å². The summed E-state index contributed by atoms with van der Waals surface area (Å²) in [6.07, 6.45) is 2.77. The van der Waals surface area contributed by atoms with E-state index in [1.54, 1.807) is 37.2 Å². The number of aliphatic hydroxyl groups excluding tert-OH is 1. The Morgan fingerprint density at radius 1 is 1.27 bits per heavy atom. The maximum absolute atomic E-state index is 15.9. The van der Waals surface area contributed by atoms with Gasteiger partial charge in [0.1, 0.15) is 11.9 Å². The average molecular weight is 582 g/mol. The minimum absolute atomic E-state index is 0.0367. The Kier molecular flexibility index (Phi) is 8.54. The summed E-state index contributed by atoms with van der Waals surface area (Å²) in [5, 5.41) is 13.7. The third kappa shape index (κ3) is 6.05. The minimum atomic E-state index is -3.36. The number of aliphatic hydroxyl groups is 1. The Balaban J connectivity index is 1.34. The van der Waals surface area contributed by atoms with Gasteiger partial charge in [0.05, 0.1) is 25.2 Å². The van der Waals surface area contributed by atoms with Crippen LogP contribution in [0.1, 0.15) is 43.4 Å². The molecule has 3 heterocycles. The van der Waals surface area contributed by atoms with Gasteiger partial charge in [-0.3, -0.25) is 9.59 Å². The highest BCUT2D eigenvalue weighted by atomic mass is 28.4. The molecule has 2 aliphatic heterocycles. The number of carbonyl (C=O) groups excluding carboxylic acids is 2. The van der Waals surface area contributed by atoms with Gasteiger partial charge in [-0.25, -0.2) is 0 Å². The first-order valence-electron chi connectivity index (χ1n) is 14.4. The van der Waals surface area contributed by atoms with E-state index >= 15 is 4.11 Å². The van der Waals surface area contributed by atoms with Crippen LogP contribution < -0.4 is 10.1 Å². The van der Waals surface area contributed by atoms with Gasteiger partial charge >= 0.3 is 0 Å². The Morgan fingerprint density at radius 2 is 2.05 bits per heavy atom. The topological polar surface area (TPSA) is 104 Å². The number of fused-ring (bicyclic) bond motifs is 2. The number of para-hydroxylation sites is 1. The van der Waals surface area contributed by atoms with Crippen LogP contribution in [0, 0.1) is 5.92 Å². The maximum Gasteiger partial charge on any atom is 0.248 e. The third-order valence-electron chi connectivity index (χ3n) is 8.72. The third-order valence-corrected chi connectivity index (χ3v) is 11.0. The van der Waals surface area contributed by atoms with Gasteiger partial charge in [0.25, 0.3) is 0 Å². The largest absolute Gasteiger partial charge is 0.490 e. The molecule has 8 nitrogen and oxygen atoms in total. The van der Waals surface area contributed by atoms with Crippen molar-refractivity contribution < 1.29 is 28.3 Å². The van der Waals surface area contributed by atoms with Crippen LogP contribution in [0.25, 0.3) is 10.9 Å². The van der Waals surface area contributed by atoms with Gasteiger partial charge in [-0.2, -0.15) is 0 Å². The Bertz CT molecular complexity index is 1410. The molecule has 0 spiro atoms. The lowest BCUT2D eigenvalue weighted by atomic mass is 9.86. The lowest BCUT2D eigenvalue weighted by Gasteiger charge is -2.43. The number of likely N-dealkylation sites (tertiary alicyclic amines) is 1. The predicted octanol–water partition coefficient (Wildman–Crippen LogP) is 5.35. The van der Waals surface area contributed by atoms with Crippen molar-refractivity contribution in [3.8, 4) is 5.75 Å². The molecule has 220 valence electrons. The van der Waals surface area contributed by atoms with Crippen molar-refractivity contribution in [2.24, 2.45) is 5.92 Å². The van der Waals surface area contributed by atoms with Crippen LogP contribution in [0.3, 0.4) is 0 Å². The van der Waals surface area contributed by atoms with Gasteiger partial charge in [0, 0.05) is 59.9 Å². The highest BCUT2D eigenvalue weighted by Gasteiger charge is 2.49. The SMILES string of the molecule is CO[C@H]1c2cc(NC(=O)Cc3c[nH]c4ccccc34)ccc2O[C@@H](C(CC(=O)N2CCC[C@H]2CO)[Si](C)(C)F)[C@@H]1C. The number of benzene rings is 2. The maximum atomic E-state index is 15.9. The zero-order valence-electron chi connectivity index (χ0n) is 24.2. The first kappa shape index (κ1) is 29.3. The Hall–Kier alpha value is -3.21.